The number of piperidine rings is 1. The van der Waals surface area contributed by atoms with Gasteiger partial charge in [-0.05, 0) is 38.7 Å². The highest BCUT2D eigenvalue weighted by molar-refractivity contribution is 7.89. The molecule has 0 spiro atoms. The van der Waals surface area contributed by atoms with Gasteiger partial charge in [-0.3, -0.25) is 9.69 Å². The topological polar surface area (TPSA) is 77.9 Å². The highest BCUT2D eigenvalue weighted by atomic mass is 35.5. The van der Waals surface area contributed by atoms with Crippen LogP contribution >= 0.6 is 12.4 Å². The van der Waals surface area contributed by atoms with Crippen LogP contribution in [0.25, 0.3) is 0 Å². The average Bonchev–Trinajstić information content (AvgIpc) is 2.60. The van der Waals surface area contributed by atoms with E-state index in [2.05, 4.69) is 24.3 Å². The third-order valence-electron chi connectivity index (χ3n) is 4.84. The van der Waals surface area contributed by atoms with Gasteiger partial charge in [0.05, 0.1) is 12.3 Å². The van der Waals surface area contributed by atoms with Gasteiger partial charge in [-0.1, -0.05) is 29.8 Å². The molecule has 1 aromatic carbocycles. The van der Waals surface area contributed by atoms with Gasteiger partial charge in [0.15, 0.2) is 0 Å². The zero-order valence-electron chi connectivity index (χ0n) is 15.4. The number of carbonyl (C=O) groups is 1. The summed E-state index contributed by atoms with van der Waals surface area (Å²) in [7, 11) is -3.15. The van der Waals surface area contributed by atoms with E-state index in [1.165, 1.54) is 15.4 Å². The lowest BCUT2D eigenvalue weighted by atomic mass is 10.0. The van der Waals surface area contributed by atoms with Gasteiger partial charge in [-0.2, -0.15) is 0 Å². The number of halogens is 1. The standard InChI is InChI=1S/C18H28N2O4S.ClH/c1-3-25(23,24)20-12-9-17(10-13-20)19(14-18(21)22)11-8-16-6-4-15(2)5-7-16;/h4-7,17H,3,8-14H2,1-2H3,(H,21,22);1H. The molecule has 0 saturated carbocycles. The molecule has 0 atom stereocenters. The lowest BCUT2D eigenvalue weighted by Crippen LogP contribution is -2.48. The maximum absolute atomic E-state index is 12.0. The molecular weight excluding hydrogens is 376 g/mol. The molecule has 2 rings (SSSR count). The average molecular weight is 405 g/mol. The molecule has 0 aromatic heterocycles. The lowest BCUT2D eigenvalue weighted by Gasteiger charge is -2.37. The van der Waals surface area contributed by atoms with E-state index < -0.39 is 16.0 Å². The number of benzene rings is 1. The highest BCUT2D eigenvalue weighted by Gasteiger charge is 2.30. The lowest BCUT2D eigenvalue weighted by molar-refractivity contribution is -0.139. The predicted octanol–water partition coefficient (Wildman–Crippen LogP) is 2.16. The van der Waals surface area contributed by atoms with Gasteiger partial charge in [-0.15, -0.1) is 12.4 Å². The summed E-state index contributed by atoms with van der Waals surface area (Å²) in [6, 6.07) is 8.38. The molecule has 0 bridgehead atoms. The Morgan fingerprint density at radius 1 is 1.23 bits per heavy atom. The molecule has 1 N–H and O–H groups in total. The van der Waals surface area contributed by atoms with Crippen LogP contribution in [-0.4, -0.2) is 66.7 Å². The summed E-state index contributed by atoms with van der Waals surface area (Å²) < 4.78 is 25.5. The van der Waals surface area contributed by atoms with Crippen molar-refractivity contribution in [3.8, 4) is 0 Å². The SMILES string of the molecule is CCS(=O)(=O)N1CCC(N(CCc2ccc(C)cc2)CC(=O)O)CC1.Cl. The number of sulfonamides is 1. The van der Waals surface area contributed by atoms with Gasteiger partial charge in [0.25, 0.3) is 0 Å². The first-order valence-electron chi connectivity index (χ1n) is 8.81. The Balaban J connectivity index is 0.00000338. The summed E-state index contributed by atoms with van der Waals surface area (Å²) in [5.41, 5.74) is 2.39. The number of aryl methyl sites for hydroxylation is 1. The van der Waals surface area contributed by atoms with Crippen LogP contribution in [-0.2, 0) is 21.2 Å². The maximum atomic E-state index is 12.0. The van der Waals surface area contributed by atoms with Gasteiger partial charge in [0, 0.05) is 25.7 Å². The summed E-state index contributed by atoms with van der Waals surface area (Å²) in [6.45, 7) is 5.30. The van der Waals surface area contributed by atoms with Crippen molar-refractivity contribution in [1.29, 1.82) is 0 Å². The van der Waals surface area contributed by atoms with Crippen LogP contribution in [0.4, 0.5) is 0 Å². The molecule has 1 heterocycles. The fraction of sp³-hybridized carbons (Fsp3) is 0.611. The van der Waals surface area contributed by atoms with E-state index in [1.807, 2.05) is 11.8 Å². The molecule has 0 amide bonds. The Morgan fingerprint density at radius 2 is 1.81 bits per heavy atom. The molecule has 26 heavy (non-hydrogen) atoms. The molecule has 1 aliphatic rings. The molecule has 8 heteroatoms. The van der Waals surface area contributed by atoms with E-state index >= 15 is 0 Å². The van der Waals surface area contributed by atoms with Crippen LogP contribution < -0.4 is 0 Å². The quantitative estimate of drug-likeness (QED) is 0.718. The Morgan fingerprint density at radius 3 is 2.31 bits per heavy atom. The number of carboxylic acids is 1. The van der Waals surface area contributed by atoms with E-state index in [0.717, 1.165) is 6.42 Å². The van der Waals surface area contributed by atoms with Crippen molar-refractivity contribution < 1.29 is 18.3 Å². The van der Waals surface area contributed by atoms with Crippen LogP contribution in [0.2, 0.25) is 0 Å². The van der Waals surface area contributed by atoms with Gasteiger partial charge >= 0.3 is 5.97 Å². The van der Waals surface area contributed by atoms with Crippen molar-refractivity contribution in [2.75, 3.05) is 31.9 Å². The minimum absolute atomic E-state index is 0. The van der Waals surface area contributed by atoms with E-state index in [4.69, 9.17) is 0 Å². The fourth-order valence-corrected chi connectivity index (χ4v) is 4.39. The number of carboxylic acid groups (broad SMARTS) is 1. The van der Waals surface area contributed by atoms with Gasteiger partial charge in [-0.25, -0.2) is 12.7 Å². The summed E-state index contributed by atoms with van der Waals surface area (Å²) >= 11 is 0. The summed E-state index contributed by atoms with van der Waals surface area (Å²) in [4.78, 5) is 13.2. The maximum Gasteiger partial charge on any atom is 0.317 e. The fourth-order valence-electron chi connectivity index (χ4n) is 3.26. The molecule has 1 aromatic rings. The van der Waals surface area contributed by atoms with E-state index in [1.54, 1.807) is 6.92 Å². The number of aliphatic carboxylic acids is 1. The van der Waals surface area contributed by atoms with Gasteiger partial charge in [0.1, 0.15) is 0 Å². The molecule has 148 valence electrons. The van der Waals surface area contributed by atoms with E-state index in [-0.39, 0.29) is 30.7 Å². The molecule has 0 radical (unpaired) electrons. The Hall–Kier alpha value is -1.15. The highest BCUT2D eigenvalue weighted by Crippen LogP contribution is 2.20. The molecular formula is C18H29ClN2O4S. The molecule has 6 nitrogen and oxygen atoms in total. The van der Waals surface area contributed by atoms with Crippen molar-refractivity contribution in [2.45, 2.75) is 39.2 Å². The normalized spacial score (nSPS) is 16.4. The van der Waals surface area contributed by atoms with Crippen LogP contribution in [0, 0.1) is 6.92 Å². The zero-order chi connectivity index (χ0) is 18.4. The predicted molar refractivity (Wildman–Crippen MR) is 105 cm³/mol. The van der Waals surface area contributed by atoms with Crippen LogP contribution in [0.3, 0.4) is 0 Å². The molecule has 0 unspecified atom stereocenters. The number of rotatable bonds is 8. The molecule has 1 aliphatic heterocycles. The second-order valence-electron chi connectivity index (χ2n) is 6.63. The molecule has 0 aliphatic carbocycles. The minimum atomic E-state index is -3.15. The second-order valence-corrected chi connectivity index (χ2v) is 8.89. The Labute approximate surface area is 162 Å². The minimum Gasteiger partial charge on any atom is -0.480 e. The third-order valence-corrected chi connectivity index (χ3v) is 6.73. The first-order valence-corrected chi connectivity index (χ1v) is 10.4. The van der Waals surface area contributed by atoms with Gasteiger partial charge < -0.3 is 5.11 Å². The zero-order valence-corrected chi connectivity index (χ0v) is 17.1. The molecule has 1 saturated heterocycles. The van der Waals surface area contributed by atoms with Crippen LogP contribution in [0.15, 0.2) is 24.3 Å². The van der Waals surface area contributed by atoms with Crippen molar-refractivity contribution >= 4 is 28.4 Å². The van der Waals surface area contributed by atoms with Crippen molar-refractivity contribution in [2.24, 2.45) is 0 Å². The molecule has 1 fully saturated rings. The Kier molecular flexibility index (Phi) is 9.03. The third kappa shape index (κ3) is 6.54. The van der Waals surface area contributed by atoms with Crippen molar-refractivity contribution in [1.82, 2.24) is 9.21 Å². The van der Waals surface area contributed by atoms with E-state index in [9.17, 15) is 18.3 Å². The summed E-state index contributed by atoms with van der Waals surface area (Å²) in [5, 5.41) is 9.22. The first kappa shape index (κ1) is 22.9. The van der Waals surface area contributed by atoms with Crippen LogP contribution in [0.1, 0.15) is 30.9 Å². The monoisotopic (exact) mass is 404 g/mol. The number of nitrogens with zero attached hydrogens (tertiary/aromatic N) is 2. The largest absolute Gasteiger partial charge is 0.480 e. The van der Waals surface area contributed by atoms with Crippen molar-refractivity contribution in [3.63, 3.8) is 0 Å². The Bertz CT molecular complexity index is 671. The number of hydrogen-bond acceptors (Lipinski definition) is 4. The smallest absolute Gasteiger partial charge is 0.317 e. The first-order chi connectivity index (χ1) is 11.8. The van der Waals surface area contributed by atoms with Gasteiger partial charge in [0.2, 0.25) is 10.0 Å². The van der Waals surface area contributed by atoms with Crippen LogP contribution in [0.5, 0.6) is 0 Å². The number of hydrogen-bond donors (Lipinski definition) is 1. The summed E-state index contributed by atoms with van der Waals surface area (Å²) in [5.74, 6) is -0.725. The van der Waals surface area contributed by atoms with Crippen molar-refractivity contribution in [3.05, 3.63) is 35.4 Å². The second kappa shape index (κ2) is 10.3. The van der Waals surface area contributed by atoms with E-state index in [0.29, 0.717) is 32.5 Å². The summed E-state index contributed by atoms with van der Waals surface area (Å²) in [6.07, 6.45) is 2.15.